The summed E-state index contributed by atoms with van der Waals surface area (Å²) in [5.41, 5.74) is 7.28. The van der Waals surface area contributed by atoms with Crippen molar-refractivity contribution in [1.29, 1.82) is 0 Å². The highest BCUT2D eigenvalue weighted by molar-refractivity contribution is 5.82. The average molecular weight is 313 g/mol. The van der Waals surface area contributed by atoms with E-state index in [1.54, 1.807) is 0 Å². The Morgan fingerprint density at radius 1 is 1.17 bits per heavy atom. The van der Waals surface area contributed by atoms with Crippen LogP contribution in [0.1, 0.15) is 51.0 Å². The van der Waals surface area contributed by atoms with Crippen LogP contribution < -0.4 is 5.73 Å². The standard InChI is InChI=1S/C20H27NO2/c1-2-23-14-18-8-15-9-19(11-18,16-6-4-3-5-7-16)13-20(10-15,12-18)17(21)22/h3-7,15H,2,8-14H2,1H3,(H2,21,22)/t15?,18-,19+,20?/m1/s1. The Balaban J connectivity index is 1.78. The molecule has 2 unspecified atom stereocenters. The van der Waals surface area contributed by atoms with Crippen LogP contribution in [-0.4, -0.2) is 19.1 Å². The first-order valence-electron chi connectivity index (χ1n) is 8.95. The first-order valence-corrected chi connectivity index (χ1v) is 8.95. The second kappa shape index (κ2) is 5.07. The molecule has 0 heterocycles. The van der Waals surface area contributed by atoms with Gasteiger partial charge in [0.2, 0.25) is 5.91 Å². The number of carbonyl (C=O) groups excluding carboxylic acids is 1. The molecule has 2 N–H and O–H groups in total. The number of primary amides is 1. The number of ether oxygens (including phenoxy) is 1. The topological polar surface area (TPSA) is 52.3 Å². The number of carbonyl (C=O) groups is 1. The van der Waals surface area contributed by atoms with Crippen molar-refractivity contribution in [3.63, 3.8) is 0 Å². The van der Waals surface area contributed by atoms with Crippen LogP contribution in [0.4, 0.5) is 0 Å². The largest absolute Gasteiger partial charge is 0.381 e. The van der Waals surface area contributed by atoms with Gasteiger partial charge in [0.05, 0.1) is 12.0 Å². The van der Waals surface area contributed by atoms with E-state index in [4.69, 9.17) is 10.5 Å². The maximum atomic E-state index is 12.4. The summed E-state index contributed by atoms with van der Waals surface area (Å²) in [5, 5.41) is 0. The third kappa shape index (κ3) is 2.24. The van der Waals surface area contributed by atoms with Gasteiger partial charge in [-0.1, -0.05) is 30.3 Å². The molecule has 4 fully saturated rings. The van der Waals surface area contributed by atoms with Gasteiger partial charge in [0, 0.05) is 6.61 Å². The fourth-order valence-corrected chi connectivity index (χ4v) is 6.51. The van der Waals surface area contributed by atoms with E-state index in [1.165, 1.54) is 18.4 Å². The maximum absolute atomic E-state index is 12.4. The average Bonchev–Trinajstić information content (AvgIpc) is 2.53. The molecule has 0 spiro atoms. The Morgan fingerprint density at radius 2 is 1.96 bits per heavy atom. The molecule has 4 aliphatic carbocycles. The zero-order valence-corrected chi connectivity index (χ0v) is 14.0. The first kappa shape index (κ1) is 15.2. The highest BCUT2D eigenvalue weighted by Crippen LogP contribution is 2.70. The number of nitrogens with two attached hydrogens (primary N) is 1. The lowest BCUT2D eigenvalue weighted by Gasteiger charge is -2.66. The lowest BCUT2D eigenvalue weighted by atomic mass is 9.38. The lowest BCUT2D eigenvalue weighted by molar-refractivity contribution is -0.169. The fourth-order valence-electron chi connectivity index (χ4n) is 6.51. The Labute approximate surface area is 138 Å². The summed E-state index contributed by atoms with van der Waals surface area (Å²) in [5.74, 6) is 0.530. The minimum Gasteiger partial charge on any atom is -0.381 e. The van der Waals surface area contributed by atoms with Gasteiger partial charge in [0.1, 0.15) is 0 Å². The van der Waals surface area contributed by atoms with Gasteiger partial charge in [-0.05, 0) is 67.8 Å². The zero-order valence-electron chi connectivity index (χ0n) is 14.0. The van der Waals surface area contributed by atoms with Crippen molar-refractivity contribution in [1.82, 2.24) is 0 Å². The smallest absolute Gasteiger partial charge is 0.223 e. The normalized spacial score (nSPS) is 41.2. The fraction of sp³-hybridized carbons (Fsp3) is 0.650. The molecule has 1 aromatic rings. The van der Waals surface area contributed by atoms with Crippen LogP contribution >= 0.6 is 0 Å². The second-order valence-corrected chi connectivity index (χ2v) is 8.44. The van der Waals surface area contributed by atoms with Gasteiger partial charge in [0.25, 0.3) is 0 Å². The molecule has 5 rings (SSSR count). The van der Waals surface area contributed by atoms with Crippen molar-refractivity contribution in [3.8, 4) is 0 Å². The third-order valence-corrected chi connectivity index (χ3v) is 6.71. The van der Waals surface area contributed by atoms with Crippen LogP contribution in [0.2, 0.25) is 0 Å². The van der Waals surface area contributed by atoms with Crippen LogP contribution in [0.25, 0.3) is 0 Å². The molecule has 4 aliphatic rings. The Morgan fingerprint density at radius 3 is 2.65 bits per heavy atom. The van der Waals surface area contributed by atoms with Gasteiger partial charge in [0.15, 0.2) is 0 Å². The van der Waals surface area contributed by atoms with E-state index in [2.05, 4.69) is 37.3 Å². The number of amides is 1. The van der Waals surface area contributed by atoms with Gasteiger partial charge >= 0.3 is 0 Å². The van der Waals surface area contributed by atoms with Gasteiger partial charge in [-0.25, -0.2) is 0 Å². The third-order valence-electron chi connectivity index (χ3n) is 6.71. The molecule has 4 atom stereocenters. The quantitative estimate of drug-likeness (QED) is 0.905. The second-order valence-electron chi connectivity index (χ2n) is 8.44. The van der Waals surface area contributed by atoms with Crippen molar-refractivity contribution in [3.05, 3.63) is 35.9 Å². The summed E-state index contributed by atoms with van der Waals surface area (Å²) in [6.07, 6.45) is 6.42. The Kier molecular flexibility index (Phi) is 3.35. The monoisotopic (exact) mass is 313 g/mol. The molecule has 1 aromatic carbocycles. The van der Waals surface area contributed by atoms with E-state index in [0.29, 0.717) is 5.92 Å². The SMILES string of the molecule is CCOC[C@@]12CC3CC(C(N)=O)(C1)C[C@](c1ccccc1)(C3)C2. The number of hydrogen-bond acceptors (Lipinski definition) is 2. The molecular weight excluding hydrogens is 286 g/mol. The van der Waals surface area contributed by atoms with Crippen molar-refractivity contribution in [2.45, 2.75) is 50.9 Å². The molecule has 0 saturated heterocycles. The zero-order chi connectivity index (χ0) is 16.1. The maximum Gasteiger partial charge on any atom is 0.223 e. The molecular formula is C20H27NO2. The lowest BCUT2D eigenvalue weighted by Crippen LogP contribution is -2.63. The number of hydrogen-bond donors (Lipinski definition) is 1. The summed E-state index contributed by atoms with van der Waals surface area (Å²) in [6.45, 7) is 3.58. The molecule has 3 heteroatoms. The highest BCUT2D eigenvalue weighted by atomic mass is 16.5. The van der Waals surface area contributed by atoms with Gasteiger partial charge in [-0.2, -0.15) is 0 Å². The van der Waals surface area contributed by atoms with E-state index < -0.39 is 0 Å². The van der Waals surface area contributed by atoms with Crippen LogP contribution in [0, 0.1) is 16.7 Å². The van der Waals surface area contributed by atoms with Gasteiger partial charge < -0.3 is 10.5 Å². The molecule has 3 nitrogen and oxygen atoms in total. The molecule has 124 valence electrons. The van der Waals surface area contributed by atoms with Crippen molar-refractivity contribution in [2.24, 2.45) is 22.5 Å². The van der Waals surface area contributed by atoms with Crippen LogP contribution in [0.5, 0.6) is 0 Å². The summed E-state index contributed by atoms with van der Waals surface area (Å²) in [6, 6.07) is 10.8. The molecule has 0 aromatic heterocycles. The van der Waals surface area contributed by atoms with E-state index in [1.807, 2.05) is 0 Å². The van der Waals surface area contributed by atoms with E-state index in [9.17, 15) is 4.79 Å². The summed E-state index contributed by atoms with van der Waals surface area (Å²) >= 11 is 0. The minimum absolute atomic E-state index is 0.0808. The predicted molar refractivity (Wildman–Crippen MR) is 89.9 cm³/mol. The van der Waals surface area contributed by atoms with Gasteiger partial charge in [-0.3, -0.25) is 4.79 Å². The molecule has 23 heavy (non-hydrogen) atoms. The van der Waals surface area contributed by atoms with Gasteiger partial charge in [-0.15, -0.1) is 0 Å². The van der Waals surface area contributed by atoms with Crippen LogP contribution in [0.15, 0.2) is 30.3 Å². The highest BCUT2D eigenvalue weighted by Gasteiger charge is 2.65. The Bertz CT molecular complexity index is 615. The van der Waals surface area contributed by atoms with Crippen LogP contribution in [0.3, 0.4) is 0 Å². The van der Waals surface area contributed by atoms with E-state index in [0.717, 1.165) is 38.9 Å². The molecule has 0 radical (unpaired) electrons. The Hall–Kier alpha value is -1.35. The molecule has 0 aliphatic heterocycles. The van der Waals surface area contributed by atoms with Crippen molar-refractivity contribution >= 4 is 5.91 Å². The number of benzene rings is 1. The predicted octanol–water partition coefficient (Wildman–Crippen LogP) is 3.42. The molecule has 4 bridgehead atoms. The van der Waals surface area contributed by atoms with Crippen molar-refractivity contribution < 1.29 is 9.53 Å². The van der Waals surface area contributed by atoms with Crippen molar-refractivity contribution in [2.75, 3.05) is 13.2 Å². The summed E-state index contributed by atoms with van der Waals surface area (Å²) in [4.78, 5) is 12.4. The first-order chi connectivity index (χ1) is 11.0. The van der Waals surface area contributed by atoms with E-state index in [-0.39, 0.29) is 22.2 Å². The number of rotatable bonds is 5. The summed E-state index contributed by atoms with van der Waals surface area (Å²) < 4.78 is 5.87. The molecule has 4 saturated carbocycles. The summed E-state index contributed by atoms with van der Waals surface area (Å²) in [7, 11) is 0. The van der Waals surface area contributed by atoms with E-state index >= 15 is 0 Å². The minimum atomic E-state index is -0.313. The molecule has 1 amide bonds. The van der Waals surface area contributed by atoms with Crippen LogP contribution in [-0.2, 0) is 14.9 Å².